The van der Waals surface area contributed by atoms with Crippen molar-refractivity contribution in [3.8, 4) is 0 Å². The van der Waals surface area contributed by atoms with Crippen LogP contribution in [0.2, 0.25) is 0 Å². The maximum atomic E-state index is 10.3. The van der Waals surface area contributed by atoms with Crippen molar-refractivity contribution in [2.24, 2.45) is 15.9 Å². The molecule has 0 aliphatic heterocycles. The summed E-state index contributed by atoms with van der Waals surface area (Å²) in [6, 6.07) is 0. The zero-order valence-electron chi connectivity index (χ0n) is 8.32. The summed E-state index contributed by atoms with van der Waals surface area (Å²) in [5, 5.41) is 0. The lowest BCUT2D eigenvalue weighted by Gasteiger charge is -2.33. The Morgan fingerprint density at radius 2 is 1.93 bits per heavy atom. The molecule has 0 aromatic carbocycles. The third-order valence-electron chi connectivity index (χ3n) is 2.93. The monoisotopic (exact) mass is 194 g/mol. The first-order chi connectivity index (χ1) is 6.72. The number of rotatable bonds is 3. The van der Waals surface area contributed by atoms with Gasteiger partial charge in [-0.2, -0.15) is 4.99 Å². The summed E-state index contributed by atoms with van der Waals surface area (Å²) < 4.78 is 0. The van der Waals surface area contributed by atoms with E-state index in [0.717, 1.165) is 25.7 Å². The van der Waals surface area contributed by atoms with E-state index in [2.05, 4.69) is 16.9 Å². The van der Waals surface area contributed by atoms with E-state index in [9.17, 15) is 9.59 Å². The zero-order valence-corrected chi connectivity index (χ0v) is 8.32. The molecule has 0 bridgehead atoms. The van der Waals surface area contributed by atoms with Crippen LogP contribution in [0, 0.1) is 5.92 Å². The molecule has 1 fully saturated rings. The van der Waals surface area contributed by atoms with E-state index >= 15 is 0 Å². The zero-order chi connectivity index (χ0) is 10.4. The Bertz CT molecular complexity index is 280. The number of aliphatic imine (C=N–C) groups is 2. The van der Waals surface area contributed by atoms with E-state index in [1.807, 2.05) is 0 Å². The average molecular weight is 194 g/mol. The van der Waals surface area contributed by atoms with Crippen LogP contribution in [0.1, 0.15) is 32.6 Å². The van der Waals surface area contributed by atoms with Gasteiger partial charge in [-0.3, -0.25) is 0 Å². The summed E-state index contributed by atoms with van der Waals surface area (Å²) in [5.74, 6) is 0.671. The molecule has 0 aromatic heterocycles. The van der Waals surface area contributed by atoms with E-state index in [1.165, 1.54) is 6.08 Å². The van der Waals surface area contributed by atoms with E-state index in [4.69, 9.17) is 0 Å². The van der Waals surface area contributed by atoms with Gasteiger partial charge in [0, 0.05) is 0 Å². The van der Waals surface area contributed by atoms with Crippen LogP contribution in [0.5, 0.6) is 0 Å². The summed E-state index contributed by atoms with van der Waals surface area (Å²) in [7, 11) is 0. The quantitative estimate of drug-likeness (QED) is 0.506. The second kappa shape index (κ2) is 4.85. The SMILES string of the molecule is CC1CCC(CN=C=O)(N=C=O)CC1. The van der Waals surface area contributed by atoms with Crippen molar-refractivity contribution in [2.75, 3.05) is 6.54 Å². The first kappa shape index (κ1) is 10.8. The van der Waals surface area contributed by atoms with Crippen molar-refractivity contribution in [1.82, 2.24) is 0 Å². The molecule has 0 saturated heterocycles. The Labute approximate surface area is 83.1 Å². The van der Waals surface area contributed by atoms with Gasteiger partial charge in [-0.15, -0.1) is 0 Å². The lowest BCUT2D eigenvalue weighted by atomic mass is 9.77. The average Bonchev–Trinajstić information content (AvgIpc) is 2.20. The maximum absolute atomic E-state index is 10.3. The van der Waals surface area contributed by atoms with Crippen LogP contribution in [0.25, 0.3) is 0 Å². The molecule has 0 aromatic rings. The standard InChI is InChI=1S/C10H14N2O2/c1-9-2-4-10(5-3-9,12-8-14)6-11-7-13/h9H,2-6H2,1H3. The molecule has 0 radical (unpaired) electrons. The van der Waals surface area contributed by atoms with E-state index in [0.29, 0.717) is 5.92 Å². The van der Waals surface area contributed by atoms with E-state index < -0.39 is 5.54 Å². The van der Waals surface area contributed by atoms with Crippen LogP contribution in [0.3, 0.4) is 0 Å². The third kappa shape index (κ3) is 2.63. The normalized spacial score (nSPS) is 31.4. The van der Waals surface area contributed by atoms with Gasteiger partial charge >= 0.3 is 0 Å². The molecule has 1 saturated carbocycles. The number of carbonyl (C=O) groups excluding carboxylic acids is 2. The number of hydrogen-bond donors (Lipinski definition) is 0. The van der Waals surface area contributed by atoms with Gasteiger partial charge in [0.1, 0.15) is 0 Å². The van der Waals surface area contributed by atoms with Gasteiger partial charge in [-0.25, -0.2) is 14.6 Å². The van der Waals surface area contributed by atoms with Gasteiger partial charge in [0.25, 0.3) is 0 Å². The molecular weight excluding hydrogens is 180 g/mol. The first-order valence-electron chi connectivity index (χ1n) is 4.85. The van der Waals surface area contributed by atoms with Crippen LogP contribution in [-0.2, 0) is 9.59 Å². The highest BCUT2D eigenvalue weighted by molar-refractivity contribution is 5.36. The Balaban J connectivity index is 2.71. The van der Waals surface area contributed by atoms with Crippen LogP contribution in [0.15, 0.2) is 9.98 Å². The fraction of sp³-hybridized carbons (Fsp3) is 0.800. The maximum Gasteiger partial charge on any atom is 0.235 e. The molecule has 1 aliphatic rings. The summed E-state index contributed by atoms with van der Waals surface area (Å²) >= 11 is 0. The predicted molar refractivity (Wildman–Crippen MR) is 51.5 cm³/mol. The summed E-state index contributed by atoms with van der Waals surface area (Å²) in [6.45, 7) is 2.45. The van der Waals surface area contributed by atoms with Crippen molar-refractivity contribution in [2.45, 2.75) is 38.1 Å². The molecule has 4 heteroatoms. The first-order valence-corrected chi connectivity index (χ1v) is 4.85. The van der Waals surface area contributed by atoms with Gasteiger partial charge in [-0.1, -0.05) is 6.92 Å². The Morgan fingerprint density at radius 3 is 2.43 bits per heavy atom. The van der Waals surface area contributed by atoms with E-state index in [-0.39, 0.29) is 6.54 Å². The van der Waals surface area contributed by atoms with E-state index in [1.54, 1.807) is 6.08 Å². The Hall–Kier alpha value is -1.24. The molecule has 76 valence electrons. The fourth-order valence-electron chi connectivity index (χ4n) is 1.88. The van der Waals surface area contributed by atoms with Crippen molar-refractivity contribution in [3.05, 3.63) is 0 Å². The van der Waals surface area contributed by atoms with Crippen LogP contribution >= 0.6 is 0 Å². The molecule has 14 heavy (non-hydrogen) atoms. The highest BCUT2D eigenvalue weighted by Crippen LogP contribution is 2.34. The molecule has 0 unspecified atom stereocenters. The lowest BCUT2D eigenvalue weighted by molar-refractivity contribution is 0.253. The molecular formula is C10H14N2O2. The minimum Gasteiger partial charge on any atom is -0.211 e. The number of nitrogens with zero attached hydrogens (tertiary/aromatic N) is 2. The third-order valence-corrected chi connectivity index (χ3v) is 2.93. The molecule has 1 rings (SSSR count). The fourth-order valence-corrected chi connectivity index (χ4v) is 1.88. The summed E-state index contributed by atoms with van der Waals surface area (Å²) in [5.41, 5.74) is -0.467. The molecule has 0 spiro atoms. The lowest BCUT2D eigenvalue weighted by Crippen LogP contribution is -2.34. The highest BCUT2D eigenvalue weighted by atomic mass is 16.1. The number of isocyanates is 2. The molecule has 0 amide bonds. The number of hydrogen-bond acceptors (Lipinski definition) is 4. The van der Waals surface area contributed by atoms with Gasteiger partial charge in [0.05, 0.1) is 12.1 Å². The molecule has 0 atom stereocenters. The van der Waals surface area contributed by atoms with Crippen molar-refractivity contribution < 1.29 is 9.59 Å². The molecule has 0 N–H and O–H groups in total. The van der Waals surface area contributed by atoms with Gasteiger partial charge in [-0.05, 0) is 31.6 Å². The Kier molecular flexibility index (Phi) is 3.75. The largest absolute Gasteiger partial charge is 0.235 e. The molecule has 1 aliphatic carbocycles. The van der Waals surface area contributed by atoms with Crippen LogP contribution in [-0.4, -0.2) is 24.2 Å². The van der Waals surface area contributed by atoms with Gasteiger partial charge in [0.15, 0.2) is 0 Å². The van der Waals surface area contributed by atoms with Crippen molar-refractivity contribution in [3.63, 3.8) is 0 Å². The summed E-state index contributed by atoms with van der Waals surface area (Å²) in [6.07, 6.45) is 6.76. The second-order valence-corrected chi connectivity index (χ2v) is 4.02. The highest BCUT2D eigenvalue weighted by Gasteiger charge is 2.33. The summed E-state index contributed by atoms with van der Waals surface area (Å²) in [4.78, 5) is 27.7. The minimum absolute atomic E-state index is 0.276. The van der Waals surface area contributed by atoms with Gasteiger partial charge in [0.2, 0.25) is 12.2 Å². The van der Waals surface area contributed by atoms with Crippen molar-refractivity contribution in [1.29, 1.82) is 0 Å². The van der Waals surface area contributed by atoms with Gasteiger partial charge < -0.3 is 0 Å². The topological polar surface area (TPSA) is 58.9 Å². The second-order valence-electron chi connectivity index (χ2n) is 4.02. The predicted octanol–water partition coefficient (Wildman–Crippen LogP) is 1.61. The molecule has 4 nitrogen and oxygen atoms in total. The molecule has 0 heterocycles. The smallest absolute Gasteiger partial charge is 0.211 e. The van der Waals surface area contributed by atoms with Crippen molar-refractivity contribution >= 4 is 12.2 Å². The van der Waals surface area contributed by atoms with Crippen LogP contribution < -0.4 is 0 Å². The van der Waals surface area contributed by atoms with Crippen LogP contribution in [0.4, 0.5) is 0 Å². The Morgan fingerprint density at radius 1 is 1.29 bits per heavy atom. The minimum atomic E-state index is -0.467.